The Morgan fingerprint density at radius 2 is 1.86 bits per heavy atom. The molecule has 0 saturated carbocycles. The Morgan fingerprint density at radius 3 is 2.43 bits per heavy atom. The van der Waals surface area contributed by atoms with E-state index in [1.807, 2.05) is 24.3 Å². The first-order valence-corrected chi connectivity index (χ1v) is 9.37. The molecule has 0 saturated heterocycles. The molecule has 2 rings (SSSR count). The molecule has 5 nitrogen and oxygen atoms in total. The molecule has 1 amide bonds. The highest BCUT2D eigenvalue weighted by Crippen LogP contribution is 2.31. The van der Waals surface area contributed by atoms with Gasteiger partial charge < -0.3 is 14.8 Å². The van der Waals surface area contributed by atoms with Crippen molar-refractivity contribution in [2.24, 2.45) is 0 Å². The van der Waals surface area contributed by atoms with Gasteiger partial charge in [0.1, 0.15) is 11.3 Å². The number of anilines is 1. The molecule has 0 unspecified atom stereocenters. The normalized spacial score (nSPS) is 10.9. The zero-order valence-electron chi connectivity index (χ0n) is 16.4. The average Bonchev–Trinajstić information content (AvgIpc) is 2.68. The molecule has 1 N–H and O–H groups in total. The van der Waals surface area contributed by atoms with Gasteiger partial charge in [-0.3, -0.25) is 4.79 Å². The lowest BCUT2D eigenvalue weighted by Crippen LogP contribution is -2.11. The van der Waals surface area contributed by atoms with Crippen LogP contribution in [0.25, 0.3) is 6.08 Å². The van der Waals surface area contributed by atoms with Gasteiger partial charge in [-0.2, -0.15) is 0 Å². The van der Waals surface area contributed by atoms with Crippen molar-refractivity contribution in [2.45, 2.75) is 26.7 Å². The number of esters is 1. The number of nitrogens with one attached hydrogen (secondary N) is 1. The number of carbonyl (C=O) groups is 2. The first-order chi connectivity index (χ1) is 13.3. The number of hydrogen-bond acceptors (Lipinski definition) is 4. The smallest absolute Gasteiger partial charge is 0.341 e. The number of rotatable bonds is 7. The van der Waals surface area contributed by atoms with Crippen molar-refractivity contribution in [3.05, 3.63) is 64.2 Å². The summed E-state index contributed by atoms with van der Waals surface area (Å²) in [5.41, 5.74) is 2.70. The number of amides is 1. The Balaban J connectivity index is 2.13. The summed E-state index contributed by atoms with van der Waals surface area (Å²) in [6, 6.07) is 10.9. The summed E-state index contributed by atoms with van der Waals surface area (Å²) in [7, 11) is 1.43. The molecule has 0 radical (unpaired) electrons. The topological polar surface area (TPSA) is 64.6 Å². The Bertz CT molecular complexity index is 873. The van der Waals surface area contributed by atoms with Gasteiger partial charge in [-0.25, -0.2) is 4.79 Å². The van der Waals surface area contributed by atoms with Crippen molar-refractivity contribution in [1.82, 2.24) is 0 Å². The van der Waals surface area contributed by atoms with Crippen molar-refractivity contribution in [1.29, 1.82) is 0 Å². The van der Waals surface area contributed by atoms with Crippen molar-refractivity contribution in [3.8, 4) is 5.75 Å². The van der Waals surface area contributed by atoms with Crippen LogP contribution in [0.2, 0.25) is 5.02 Å². The maximum absolute atomic E-state index is 12.2. The Kier molecular flexibility index (Phi) is 7.64. The molecule has 0 aliphatic carbocycles. The Hall–Kier alpha value is -2.79. The van der Waals surface area contributed by atoms with E-state index in [0.29, 0.717) is 11.6 Å². The molecule has 0 bridgehead atoms. The fraction of sp³-hybridized carbons (Fsp3) is 0.273. The summed E-state index contributed by atoms with van der Waals surface area (Å²) >= 11 is 6.21. The zero-order chi connectivity index (χ0) is 20.7. The third-order valence-electron chi connectivity index (χ3n) is 4.07. The SMILES string of the molecule is CCOC(=O)c1cc(Cl)c(NC(=O)/C=C/c2ccc(C(C)C)cc2)cc1OC. The third kappa shape index (κ3) is 5.60. The number of hydrogen-bond donors (Lipinski definition) is 1. The molecule has 2 aromatic carbocycles. The summed E-state index contributed by atoms with van der Waals surface area (Å²) in [4.78, 5) is 24.2. The van der Waals surface area contributed by atoms with Crippen LogP contribution in [0.3, 0.4) is 0 Å². The molecule has 2 aromatic rings. The van der Waals surface area contributed by atoms with Crippen LogP contribution in [0.1, 0.15) is 48.2 Å². The maximum atomic E-state index is 12.2. The second-order valence-corrected chi connectivity index (χ2v) is 6.80. The van der Waals surface area contributed by atoms with Gasteiger partial charge in [-0.15, -0.1) is 0 Å². The van der Waals surface area contributed by atoms with E-state index in [0.717, 1.165) is 5.56 Å². The highest BCUT2D eigenvalue weighted by Gasteiger charge is 2.17. The van der Waals surface area contributed by atoms with Gasteiger partial charge in [-0.1, -0.05) is 49.7 Å². The number of carbonyl (C=O) groups excluding carboxylic acids is 2. The van der Waals surface area contributed by atoms with Crippen LogP contribution in [-0.4, -0.2) is 25.6 Å². The molecule has 0 heterocycles. The van der Waals surface area contributed by atoms with E-state index in [1.54, 1.807) is 13.0 Å². The predicted molar refractivity (Wildman–Crippen MR) is 112 cm³/mol. The van der Waals surface area contributed by atoms with Crippen LogP contribution < -0.4 is 10.1 Å². The molecule has 0 spiro atoms. The van der Waals surface area contributed by atoms with Crippen LogP contribution >= 0.6 is 11.6 Å². The quantitative estimate of drug-likeness (QED) is 0.505. The zero-order valence-corrected chi connectivity index (χ0v) is 17.2. The molecular formula is C22H24ClNO4. The van der Waals surface area contributed by atoms with Gasteiger partial charge in [0.15, 0.2) is 0 Å². The van der Waals surface area contributed by atoms with Crippen molar-refractivity contribution in [2.75, 3.05) is 19.0 Å². The first kappa shape index (κ1) is 21.5. The van der Waals surface area contributed by atoms with Gasteiger partial charge in [0.2, 0.25) is 5.91 Å². The summed E-state index contributed by atoms with van der Waals surface area (Å²) in [5, 5.41) is 2.91. The van der Waals surface area contributed by atoms with E-state index < -0.39 is 5.97 Å². The van der Waals surface area contributed by atoms with E-state index in [2.05, 4.69) is 19.2 Å². The molecule has 0 aromatic heterocycles. The number of benzene rings is 2. The molecule has 0 fully saturated rings. The van der Waals surface area contributed by atoms with Gasteiger partial charge in [0.05, 0.1) is 24.4 Å². The lowest BCUT2D eigenvalue weighted by molar-refractivity contribution is -0.111. The molecule has 0 aliphatic rings. The van der Waals surface area contributed by atoms with E-state index in [4.69, 9.17) is 21.1 Å². The van der Waals surface area contributed by atoms with E-state index in [9.17, 15) is 9.59 Å². The van der Waals surface area contributed by atoms with Gasteiger partial charge in [0, 0.05) is 12.1 Å². The molecule has 28 heavy (non-hydrogen) atoms. The first-order valence-electron chi connectivity index (χ1n) is 8.99. The van der Waals surface area contributed by atoms with Crippen LogP contribution in [0.4, 0.5) is 5.69 Å². The van der Waals surface area contributed by atoms with Gasteiger partial charge in [-0.05, 0) is 36.1 Å². The highest BCUT2D eigenvalue weighted by molar-refractivity contribution is 6.34. The minimum absolute atomic E-state index is 0.202. The summed E-state index contributed by atoms with van der Waals surface area (Å²) in [6.07, 6.45) is 3.14. The van der Waals surface area contributed by atoms with Gasteiger partial charge >= 0.3 is 5.97 Å². The molecule has 0 atom stereocenters. The average molecular weight is 402 g/mol. The second kappa shape index (κ2) is 9.95. The Labute approximate surface area is 170 Å². The molecule has 6 heteroatoms. The number of methoxy groups -OCH3 is 1. The summed E-state index contributed by atoms with van der Waals surface area (Å²) in [6.45, 7) is 6.21. The fourth-order valence-corrected chi connectivity index (χ4v) is 2.74. The lowest BCUT2D eigenvalue weighted by atomic mass is 10.0. The van der Waals surface area contributed by atoms with Crippen LogP contribution in [-0.2, 0) is 9.53 Å². The van der Waals surface area contributed by atoms with Crippen LogP contribution in [0.5, 0.6) is 5.75 Å². The van der Waals surface area contributed by atoms with E-state index >= 15 is 0 Å². The largest absolute Gasteiger partial charge is 0.496 e. The van der Waals surface area contributed by atoms with Crippen LogP contribution in [0.15, 0.2) is 42.5 Å². The summed E-state index contributed by atoms with van der Waals surface area (Å²) < 4.78 is 10.2. The predicted octanol–water partition coefficient (Wildman–Crippen LogP) is 5.30. The lowest BCUT2D eigenvalue weighted by Gasteiger charge is -2.12. The van der Waals surface area contributed by atoms with E-state index in [1.165, 1.54) is 30.9 Å². The fourth-order valence-electron chi connectivity index (χ4n) is 2.52. The third-order valence-corrected chi connectivity index (χ3v) is 4.39. The standard InChI is InChI=1S/C22H24ClNO4/c1-5-28-22(26)17-12-18(23)19(13-20(17)27-4)24-21(25)11-8-15-6-9-16(10-7-15)14(2)3/h6-14H,5H2,1-4H3,(H,24,25)/b11-8+. The van der Waals surface area contributed by atoms with Crippen molar-refractivity contribution < 1.29 is 19.1 Å². The minimum Gasteiger partial charge on any atom is -0.496 e. The summed E-state index contributed by atoms with van der Waals surface area (Å²) in [5.74, 6) is -0.160. The highest BCUT2D eigenvalue weighted by atomic mass is 35.5. The van der Waals surface area contributed by atoms with Crippen molar-refractivity contribution in [3.63, 3.8) is 0 Å². The second-order valence-electron chi connectivity index (χ2n) is 6.40. The van der Waals surface area contributed by atoms with Crippen molar-refractivity contribution >= 4 is 35.2 Å². The maximum Gasteiger partial charge on any atom is 0.341 e. The molecule has 0 aliphatic heterocycles. The number of ether oxygens (including phenoxy) is 2. The van der Waals surface area contributed by atoms with Gasteiger partial charge in [0.25, 0.3) is 0 Å². The Morgan fingerprint density at radius 1 is 1.18 bits per heavy atom. The molecule has 148 valence electrons. The van der Waals surface area contributed by atoms with E-state index in [-0.39, 0.29) is 28.8 Å². The molecular weight excluding hydrogens is 378 g/mol. The van der Waals surface area contributed by atoms with Crippen LogP contribution in [0, 0.1) is 0 Å². The monoisotopic (exact) mass is 401 g/mol. The minimum atomic E-state index is -0.538. The number of halogens is 1.